The average Bonchev–Trinajstić information content (AvgIpc) is 2.53. The molecule has 0 unspecified atom stereocenters. The molecule has 1 heterocycles. The van der Waals surface area contributed by atoms with Crippen LogP contribution in [0, 0.1) is 5.82 Å². The van der Waals surface area contributed by atoms with Gasteiger partial charge in [-0.3, -0.25) is 14.6 Å². The molecule has 22 heavy (non-hydrogen) atoms. The van der Waals surface area contributed by atoms with Crippen molar-refractivity contribution in [2.75, 3.05) is 51.8 Å². The first-order valence-electron chi connectivity index (χ1n) is 7.63. The van der Waals surface area contributed by atoms with Gasteiger partial charge in [0.1, 0.15) is 5.82 Å². The number of amides is 1. The minimum atomic E-state index is -0.355. The molecular weight excluding hydrogens is 285 g/mol. The lowest BCUT2D eigenvalue weighted by Crippen LogP contribution is -2.45. The highest BCUT2D eigenvalue weighted by molar-refractivity contribution is 5.94. The Labute approximate surface area is 131 Å². The number of rotatable bonds is 6. The van der Waals surface area contributed by atoms with E-state index in [-0.39, 0.29) is 17.8 Å². The van der Waals surface area contributed by atoms with Gasteiger partial charge in [-0.2, -0.15) is 0 Å². The Morgan fingerprint density at radius 2 is 2.18 bits per heavy atom. The molecular formula is C16H24FN3O2. The van der Waals surface area contributed by atoms with Crippen molar-refractivity contribution in [3.05, 3.63) is 30.1 Å². The van der Waals surface area contributed by atoms with Gasteiger partial charge in [-0.05, 0) is 32.2 Å². The second-order valence-corrected chi connectivity index (χ2v) is 5.61. The molecule has 1 aromatic carbocycles. The number of halogens is 1. The summed E-state index contributed by atoms with van der Waals surface area (Å²) in [6.45, 7) is 7.01. The standard InChI is InChI=1S/C16H24FN3O2/c1-13(16(21)18-15-5-3-4-14(17)12-15)19(2)6-7-20-8-10-22-11-9-20/h3-5,12-13H,6-11H2,1-2H3,(H,18,21)/t13-/m0/s1. The van der Waals surface area contributed by atoms with E-state index in [1.54, 1.807) is 12.1 Å². The topological polar surface area (TPSA) is 44.8 Å². The van der Waals surface area contributed by atoms with E-state index in [0.29, 0.717) is 5.69 Å². The largest absolute Gasteiger partial charge is 0.379 e. The van der Waals surface area contributed by atoms with Crippen LogP contribution in [0.4, 0.5) is 10.1 Å². The van der Waals surface area contributed by atoms with Crippen LogP contribution in [0.25, 0.3) is 0 Å². The molecule has 1 aromatic rings. The lowest BCUT2D eigenvalue weighted by Gasteiger charge is -2.30. The van der Waals surface area contributed by atoms with E-state index in [1.165, 1.54) is 12.1 Å². The minimum Gasteiger partial charge on any atom is -0.379 e. The molecule has 0 aliphatic carbocycles. The van der Waals surface area contributed by atoms with Crippen molar-refractivity contribution in [1.29, 1.82) is 0 Å². The van der Waals surface area contributed by atoms with Crippen molar-refractivity contribution in [2.24, 2.45) is 0 Å². The lowest BCUT2D eigenvalue weighted by molar-refractivity contribution is -0.120. The Bertz CT molecular complexity index is 492. The average molecular weight is 309 g/mol. The van der Waals surface area contributed by atoms with E-state index in [1.807, 2.05) is 18.9 Å². The highest BCUT2D eigenvalue weighted by atomic mass is 19.1. The Morgan fingerprint density at radius 1 is 1.45 bits per heavy atom. The van der Waals surface area contributed by atoms with Crippen LogP contribution in [0.1, 0.15) is 6.92 Å². The van der Waals surface area contributed by atoms with E-state index < -0.39 is 0 Å². The summed E-state index contributed by atoms with van der Waals surface area (Å²) >= 11 is 0. The summed E-state index contributed by atoms with van der Waals surface area (Å²) in [4.78, 5) is 16.5. The van der Waals surface area contributed by atoms with E-state index >= 15 is 0 Å². The number of benzene rings is 1. The summed E-state index contributed by atoms with van der Waals surface area (Å²) in [5, 5.41) is 2.75. The Morgan fingerprint density at radius 3 is 2.86 bits per heavy atom. The quantitative estimate of drug-likeness (QED) is 0.863. The number of nitrogens with one attached hydrogen (secondary N) is 1. The van der Waals surface area contributed by atoms with Crippen LogP contribution >= 0.6 is 0 Å². The molecule has 1 aliphatic rings. The molecule has 122 valence electrons. The van der Waals surface area contributed by atoms with Gasteiger partial charge in [0.15, 0.2) is 0 Å². The molecule has 1 N–H and O–H groups in total. The van der Waals surface area contributed by atoms with Crippen LogP contribution in [0.3, 0.4) is 0 Å². The molecule has 1 fully saturated rings. The van der Waals surface area contributed by atoms with Crippen molar-refractivity contribution in [1.82, 2.24) is 9.80 Å². The lowest BCUT2D eigenvalue weighted by atomic mass is 10.2. The third-order valence-electron chi connectivity index (χ3n) is 4.01. The van der Waals surface area contributed by atoms with E-state index in [2.05, 4.69) is 10.2 Å². The van der Waals surface area contributed by atoms with Crippen LogP contribution in [0.5, 0.6) is 0 Å². The van der Waals surface area contributed by atoms with Gasteiger partial charge in [-0.25, -0.2) is 4.39 Å². The molecule has 0 saturated carbocycles. The first-order valence-corrected chi connectivity index (χ1v) is 7.63. The molecule has 0 spiro atoms. The molecule has 1 aliphatic heterocycles. The number of ether oxygens (including phenoxy) is 1. The van der Waals surface area contributed by atoms with E-state index in [4.69, 9.17) is 4.74 Å². The predicted molar refractivity (Wildman–Crippen MR) is 84.4 cm³/mol. The molecule has 5 nitrogen and oxygen atoms in total. The van der Waals surface area contributed by atoms with Gasteiger partial charge in [0, 0.05) is 31.9 Å². The SMILES string of the molecule is C[C@@H](C(=O)Nc1cccc(F)c1)N(C)CCN1CCOCC1. The number of hydrogen-bond acceptors (Lipinski definition) is 4. The maximum Gasteiger partial charge on any atom is 0.241 e. The third kappa shape index (κ3) is 5.05. The number of anilines is 1. The van der Waals surface area contributed by atoms with Gasteiger partial charge >= 0.3 is 0 Å². The Hall–Kier alpha value is -1.50. The fourth-order valence-electron chi connectivity index (χ4n) is 2.33. The Balaban J connectivity index is 1.78. The van der Waals surface area contributed by atoms with Crippen molar-refractivity contribution >= 4 is 11.6 Å². The molecule has 0 aromatic heterocycles. The molecule has 1 atom stereocenters. The van der Waals surface area contributed by atoms with Crippen molar-refractivity contribution in [3.63, 3.8) is 0 Å². The number of hydrogen-bond donors (Lipinski definition) is 1. The number of nitrogens with zero attached hydrogens (tertiary/aromatic N) is 2. The van der Waals surface area contributed by atoms with Gasteiger partial charge in [0.2, 0.25) is 5.91 Å². The maximum atomic E-state index is 13.1. The highest BCUT2D eigenvalue weighted by Gasteiger charge is 2.19. The monoisotopic (exact) mass is 309 g/mol. The normalized spacial score (nSPS) is 17.5. The number of carbonyl (C=O) groups excluding carboxylic acids is 1. The Kier molecular flexibility index (Phi) is 6.30. The molecule has 1 amide bonds. The second kappa shape index (κ2) is 8.22. The minimum absolute atomic E-state index is 0.130. The summed E-state index contributed by atoms with van der Waals surface area (Å²) in [6, 6.07) is 5.66. The van der Waals surface area contributed by atoms with Gasteiger partial charge in [0.05, 0.1) is 19.3 Å². The molecule has 6 heteroatoms. The van der Waals surface area contributed by atoms with Crippen molar-refractivity contribution in [3.8, 4) is 0 Å². The fourth-order valence-corrected chi connectivity index (χ4v) is 2.33. The summed E-state index contributed by atoms with van der Waals surface area (Å²) in [5.74, 6) is -0.485. The zero-order valence-electron chi connectivity index (χ0n) is 13.2. The first kappa shape index (κ1) is 16.9. The first-order chi connectivity index (χ1) is 10.6. The zero-order valence-corrected chi connectivity index (χ0v) is 13.2. The van der Waals surface area contributed by atoms with Crippen LogP contribution in [0.2, 0.25) is 0 Å². The number of likely N-dealkylation sites (N-methyl/N-ethyl adjacent to an activating group) is 1. The van der Waals surface area contributed by atoms with Crippen molar-refractivity contribution < 1.29 is 13.9 Å². The van der Waals surface area contributed by atoms with Gasteiger partial charge in [-0.15, -0.1) is 0 Å². The van der Waals surface area contributed by atoms with Crippen LogP contribution < -0.4 is 5.32 Å². The number of carbonyl (C=O) groups is 1. The molecule has 2 rings (SSSR count). The van der Waals surface area contributed by atoms with Gasteiger partial charge in [0.25, 0.3) is 0 Å². The zero-order chi connectivity index (χ0) is 15.9. The van der Waals surface area contributed by atoms with Crippen molar-refractivity contribution in [2.45, 2.75) is 13.0 Å². The predicted octanol–water partition coefficient (Wildman–Crippen LogP) is 1.42. The summed E-state index contributed by atoms with van der Waals surface area (Å²) in [6.07, 6.45) is 0. The number of morpholine rings is 1. The van der Waals surface area contributed by atoms with E-state index in [9.17, 15) is 9.18 Å². The fraction of sp³-hybridized carbons (Fsp3) is 0.562. The summed E-state index contributed by atoms with van der Waals surface area (Å²) in [5.41, 5.74) is 0.485. The highest BCUT2D eigenvalue weighted by Crippen LogP contribution is 2.10. The molecule has 1 saturated heterocycles. The molecule has 0 radical (unpaired) electrons. The van der Waals surface area contributed by atoms with Crippen LogP contribution in [0.15, 0.2) is 24.3 Å². The van der Waals surface area contributed by atoms with Crippen LogP contribution in [-0.4, -0.2) is 68.2 Å². The summed E-state index contributed by atoms with van der Waals surface area (Å²) in [7, 11) is 1.93. The van der Waals surface area contributed by atoms with Gasteiger partial charge < -0.3 is 10.1 Å². The second-order valence-electron chi connectivity index (χ2n) is 5.61. The summed E-state index contributed by atoms with van der Waals surface area (Å²) < 4.78 is 18.4. The maximum absolute atomic E-state index is 13.1. The van der Waals surface area contributed by atoms with Crippen LogP contribution in [-0.2, 0) is 9.53 Å². The smallest absolute Gasteiger partial charge is 0.241 e. The van der Waals surface area contributed by atoms with Gasteiger partial charge in [-0.1, -0.05) is 6.07 Å². The van der Waals surface area contributed by atoms with E-state index in [0.717, 1.165) is 39.4 Å². The third-order valence-corrected chi connectivity index (χ3v) is 4.01. The molecule has 0 bridgehead atoms.